The van der Waals surface area contributed by atoms with Crippen LogP contribution in [0.5, 0.6) is 0 Å². The SMILES string of the molecule is CC1=NN(c2ccc(C)cc2C)C(=O)/C1=C/c1c(C)nn(-c2ccc([N+](=O)[O-])cc2[N+](=O)[O-])c1C. The van der Waals surface area contributed by atoms with E-state index in [1.165, 1.54) is 21.8 Å². The van der Waals surface area contributed by atoms with E-state index in [4.69, 9.17) is 0 Å². The molecule has 0 bridgehead atoms. The number of aryl methyl sites for hydroxylation is 3. The van der Waals surface area contributed by atoms with Crippen molar-refractivity contribution in [2.45, 2.75) is 34.6 Å². The van der Waals surface area contributed by atoms with E-state index in [2.05, 4.69) is 10.2 Å². The molecule has 0 saturated heterocycles. The van der Waals surface area contributed by atoms with Crippen LogP contribution in [-0.2, 0) is 4.79 Å². The summed E-state index contributed by atoms with van der Waals surface area (Å²) in [6.07, 6.45) is 1.68. The van der Waals surface area contributed by atoms with Gasteiger partial charge in [0.25, 0.3) is 11.6 Å². The highest BCUT2D eigenvalue weighted by Crippen LogP contribution is 2.32. The summed E-state index contributed by atoms with van der Waals surface area (Å²) in [6, 6.07) is 9.13. The molecule has 1 amide bonds. The van der Waals surface area contributed by atoms with E-state index in [1.807, 2.05) is 32.0 Å². The number of carbonyl (C=O) groups excluding carboxylic acids is 1. The van der Waals surface area contributed by atoms with Crippen LogP contribution in [0.25, 0.3) is 11.8 Å². The van der Waals surface area contributed by atoms with Gasteiger partial charge in [0.05, 0.1) is 38.6 Å². The van der Waals surface area contributed by atoms with Crippen LogP contribution >= 0.6 is 0 Å². The van der Waals surface area contributed by atoms with Gasteiger partial charge in [-0.15, -0.1) is 0 Å². The van der Waals surface area contributed by atoms with E-state index < -0.39 is 15.5 Å². The van der Waals surface area contributed by atoms with E-state index in [-0.39, 0.29) is 17.3 Å². The first-order valence-electron chi connectivity index (χ1n) is 10.7. The van der Waals surface area contributed by atoms with E-state index in [0.717, 1.165) is 17.2 Å². The number of anilines is 1. The molecule has 11 heteroatoms. The molecule has 1 aliphatic heterocycles. The number of benzene rings is 2. The number of carbonyl (C=O) groups is 1. The van der Waals surface area contributed by atoms with Gasteiger partial charge in [0.2, 0.25) is 0 Å². The normalized spacial score (nSPS) is 14.5. The lowest BCUT2D eigenvalue weighted by Crippen LogP contribution is -2.22. The molecule has 0 unspecified atom stereocenters. The van der Waals surface area contributed by atoms with Gasteiger partial charge in [-0.3, -0.25) is 25.0 Å². The van der Waals surface area contributed by atoms with Crippen molar-refractivity contribution in [3.8, 4) is 5.69 Å². The van der Waals surface area contributed by atoms with Gasteiger partial charge in [-0.1, -0.05) is 17.7 Å². The third-order valence-corrected chi connectivity index (χ3v) is 5.87. The number of nitro groups is 2. The zero-order chi connectivity index (χ0) is 25.6. The van der Waals surface area contributed by atoms with Crippen molar-refractivity contribution in [3.63, 3.8) is 0 Å². The van der Waals surface area contributed by atoms with E-state index in [1.54, 1.807) is 26.8 Å². The second-order valence-electron chi connectivity index (χ2n) is 8.33. The van der Waals surface area contributed by atoms with E-state index in [9.17, 15) is 25.0 Å². The lowest BCUT2D eigenvalue weighted by atomic mass is 10.1. The molecule has 35 heavy (non-hydrogen) atoms. The highest BCUT2D eigenvalue weighted by atomic mass is 16.6. The lowest BCUT2D eigenvalue weighted by Gasteiger charge is -2.15. The maximum Gasteiger partial charge on any atom is 0.301 e. The number of hydrazone groups is 1. The summed E-state index contributed by atoms with van der Waals surface area (Å²) in [5.74, 6) is -0.290. The van der Waals surface area contributed by atoms with Crippen LogP contribution in [0, 0.1) is 47.9 Å². The lowest BCUT2D eigenvalue weighted by molar-refractivity contribution is -0.394. The van der Waals surface area contributed by atoms with Gasteiger partial charge in [0, 0.05) is 17.3 Å². The molecule has 0 spiro atoms. The first-order chi connectivity index (χ1) is 16.5. The topological polar surface area (TPSA) is 137 Å². The fraction of sp³-hybridized carbons (Fsp3) is 0.208. The summed E-state index contributed by atoms with van der Waals surface area (Å²) in [7, 11) is 0. The zero-order valence-corrected chi connectivity index (χ0v) is 19.8. The van der Waals surface area contributed by atoms with Crippen molar-refractivity contribution < 1.29 is 14.6 Å². The first-order valence-corrected chi connectivity index (χ1v) is 10.7. The Hall–Kier alpha value is -4.67. The van der Waals surface area contributed by atoms with Gasteiger partial charge in [0.1, 0.15) is 5.69 Å². The molecule has 0 aliphatic carbocycles. The number of amides is 1. The van der Waals surface area contributed by atoms with E-state index >= 15 is 0 Å². The summed E-state index contributed by atoms with van der Waals surface area (Å²) < 4.78 is 1.36. The fourth-order valence-electron chi connectivity index (χ4n) is 4.08. The monoisotopic (exact) mass is 474 g/mol. The summed E-state index contributed by atoms with van der Waals surface area (Å²) >= 11 is 0. The Morgan fingerprint density at radius 2 is 1.60 bits per heavy atom. The molecule has 0 saturated carbocycles. The maximum atomic E-state index is 13.3. The predicted octanol–water partition coefficient (Wildman–Crippen LogP) is 4.73. The number of hydrogen-bond donors (Lipinski definition) is 0. The van der Waals surface area contributed by atoms with Gasteiger partial charge in [0.15, 0.2) is 0 Å². The van der Waals surface area contributed by atoms with Crippen LogP contribution in [0.2, 0.25) is 0 Å². The van der Waals surface area contributed by atoms with Crippen molar-refractivity contribution in [1.29, 1.82) is 0 Å². The molecule has 1 aromatic heterocycles. The number of aromatic nitrogens is 2. The molecule has 2 heterocycles. The van der Waals surface area contributed by atoms with Crippen LogP contribution in [0.4, 0.5) is 17.1 Å². The van der Waals surface area contributed by atoms with Crippen molar-refractivity contribution in [3.05, 3.63) is 90.3 Å². The Bertz CT molecular complexity index is 1480. The van der Waals surface area contributed by atoms with Crippen molar-refractivity contribution in [2.24, 2.45) is 5.10 Å². The number of hydrogen-bond acceptors (Lipinski definition) is 7. The predicted molar refractivity (Wildman–Crippen MR) is 131 cm³/mol. The summed E-state index contributed by atoms with van der Waals surface area (Å²) in [5, 5.41) is 32.9. The van der Waals surface area contributed by atoms with Gasteiger partial charge < -0.3 is 0 Å². The molecular weight excluding hydrogens is 452 g/mol. The van der Waals surface area contributed by atoms with Crippen LogP contribution < -0.4 is 5.01 Å². The zero-order valence-electron chi connectivity index (χ0n) is 19.8. The quantitative estimate of drug-likeness (QED) is 0.298. The van der Waals surface area contributed by atoms with Crippen LogP contribution in [0.3, 0.4) is 0 Å². The largest absolute Gasteiger partial charge is 0.301 e. The Labute approximate surface area is 200 Å². The van der Waals surface area contributed by atoms with Crippen molar-refractivity contribution in [2.75, 3.05) is 5.01 Å². The average molecular weight is 474 g/mol. The minimum atomic E-state index is -0.691. The smallest absolute Gasteiger partial charge is 0.267 e. The molecule has 3 aromatic rings. The number of nitro benzene ring substituents is 2. The van der Waals surface area contributed by atoms with E-state index in [0.29, 0.717) is 33.9 Å². The molecule has 1 aliphatic rings. The molecule has 0 fully saturated rings. The molecular formula is C24H22N6O5. The van der Waals surface area contributed by atoms with Crippen molar-refractivity contribution >= 4 is 34.8 Å². The van der Waals surface area contributed by atoms with Crippen molar-refractivity contribution in [1.82, 2.24) is 9.78 Å². The minimum absolute atomic E-state index is 0.0888. The molecule has 4 rings (SSSR count). The number of rotatable bonds is 5. The van der Waals surface area contributed by atoms with Gasteiger partial charge in [-0.25, -0.2) is 4.68 Å². The summed E-state index contributed by atoms with van der Waals surface area (Å²) in [4.78, 5) is 34.6. The molecule has 178 valence electrons. The minimum Gasteiger partial charge on any atom is -0.267 e. The number of non-ortho nitro benzene ring substituents is 1. The molecule has 11 nitrogen and oxygen atoms in total. The molecule has 0 atom stereocenters. The summed E-state index contributed by atoms with van der Waals surface area (Å²) in [6.45, 7) is 9.06. The summed E-state index contributed by atoms with van der Waals surface area (Å²) in [5.41, 5.74) is 4.54. The Morgan fingerprint density at radius 1 is 0.914 bits per heavy atom. The Balaban J connectivity index is 1.78. The van der Waals surface area contributed by atoms with Crippen LogP contribution in [-0.4, -0.2) is 31.2 Å². The van der Waals surface area contributed by atoms with Crippen LogP contribution in [0.1, 0.15) is 35.0 Å². The highest BCUT2D eigenvalue weighted by molar-refractivity contribution is 6.32. The standard InChI is InChI=1S/C24H22N6O5/c1-13-6-8-21(14(2)10-13)28-24(31)20(16(4)26-28)12-19-15(3)25-27(17(19)5)22-9-7-18(29(32)33)11-23(22)30(34)35/h6-12H,1-5H3/b20-12+. The van der Waals surface area contributed by atoms with Crippen LogP contribution in [0.15, 0.2) is 47.1 Å². The molecule has 0 N–H and O–H groups in total. The first kappa shape index (κ1) is 23.5. The molecule has 0 radical (unpaired) electrons. The fourth-order valence-corrected chi connectivity index (χ4v) is 4.08. The second kappa shape index (κ2) is 8.60. The second-order valence-corrected chi connectivity index (χ2v) is 8.33. The number of nitrogens with zero attached hydrogens (tertiary/aromatic N) is 6. The maximum absolute atomic E-state index is 13.3. The van der Waals surface area contributed by atoms with Gasteiger partial charge in [-0.2, -0.15) is 15.2 Å². The third kappa shape index (κ3) is 4.07. The van der Waals surface area contributed by atoms with Gasteiger partial charge in [-0.05, 0) is 58.4 Å². The van der Waals surface area contributed by atoms with Gasteiger partial charge >= 0.3 is 5.69 Å². The Kier molecular flexibility index (Phi) is 5.77. The third-order valence-electron chi connectivity index (χ3n) is 5.87. The average Bonchev–Trinajstić information content (AvgIpc) is 3.23. The Morgan fingerprint density at radius 3 is 2.23 bits per heavy atom. The molecule has 2 aromatic carbocycles. The highest BCUT2D eigenvalue weighted by Gasteiger charge is 2.31.